The van der Waals surface area contributed by atoms with E-state index in [1.807, 2.05) is 16.8 Å². The first kappa shape index (κ1) is 11.7. The molecule has 0 saturated heterocycles. The summed E-state index contributed by atoms with van der Waals surface area (Å²) in [5.74, 6) is 0.0840. The summed E-state index contributed by atoms with van der Waals surface area (Å²) < 4.78 is 6.14. The van der Waals surface area contributed by atoms with E-state index in [1.54, 1.807) is 24.3 Å². The number of nitrogen functional groups attached to an aromatic ring is 1. The molecular formula is C11H13N3O2S. The van der Waals surface area contributed by atoms with Crippen molar-refractivity contribution in [2.24, 2.45) is 0 Å². The number of rotatable bonds is 3. The van der Waals surface area contributed by atoms with Crippen molar-refractivity contribution in [1.29, 1.82) is 0 Å². The number of nitrogens with two attached hydrogens (primary N) is 1. The molecule has 0 aliphatic heterocycles. The number of aromatic nitrogens is 2. The lowest BCUT2D eigenvalue weighted by Crippen LogP contribution is -2.20. The largest absolute Gasteiger partial charge is 0.467 e. The van der Waals surface area contributed by atoms with E-state index in [4.69, 9.17) is 5.73 Å². The molecule has 90 valence electrons. The van der Waals surface area contributed by atoms with Crippen LogP contribution in [-0.2, 0) is 9.53 Å². The first-order valence-electron chi connectivity index (χ1n) is 5.09. The second kappa shape index (κ2) is 4.58. The molecule has 0 aliphatic rings. The number of anilines is 1. The predicted octanol–water partition coefficient (Wildman–Crippen LogP) is 1.93. The van der Waals surface area contributed by atoms with Gasteiger partial charge in [-0.15, -0.1) is 0 Å². The maximum Gasteiger partial charge on any atom is 0.330 e. The van der Waals surface area contributed by atoms with Crippen molar-refractivity contribution in [3.05, 3.63) is 22.9 Å². The van der Waals surface area contributed by atoms with Gasteiger partial charge < -0.3 is 10.5 Å². The van der Waals surface area contributed by atoms with Gasteiger partial charge in [-0.3, -0.25) is 0 Å². The van der Waals surface area contributed by atoms with Crippen molar-refractivity contribution in [3.8, 4) is 11.3 Å². The maximum atomic E-state index is 11.4. The van der Waals surface area contributed by atoms with E-state index in [0.29, 0.717) is 5.82 Å². The topological polar surface area (TPSA) is 70.1 Å². The Kier molecular flexibility index (Phi) is 3.14. The van der Waals surface area contributed by atoms with E-state index >= 15 is 0 Å². The highest BCUT2D eigenvalue weighted by molar-refractivity contribution is 7.08. The number of thiophene rings is 1. The van der Waals surface area contributed by atoms with Crippen LogP contribution in [0.15, 0.2) is 22.9 Å². The third kappa shape index (κ3) is 2.16. The van der Waals surface area contributed by atoms with Crippen LogP contribution in [0.3, 0.4) is 0 Å². The first-order chi connectivity index (χ1) is 8.13. The van der Waals surface area contributed by atoms with Crippen molar-refractivity contribution in [1.82, 2.24) is 9.78 Å². The van der Waals surface area contributed by atoms with Crippen LogP contribution in [0, 0.1) is 0 Å². The average Bonchev–Trinajstić information content (AvgIpc) is 2.95. The Bertz CT molecular complexity index is 519. The van der Waals surface area contributed by atoms with Crippen LogP contribution < -0.4 is 5.73 Å². The number of carbonyl (C=O) groups is 1. The Morgan fingerprint density at radius 2 is 2.41 bits per heavy atom. The molecule has 2 heterocycles. The number of nitrogens with zero attached hydrogens (tertiary/aromatic N) is 2. The number of esters is 1. The Morgan fingerprint density at radius 3 is 3.00 bits per heavy atom. The van der Waals surface area contributed by atoms with Crippen LogP contribution >= 0.6 is 11.3 Å². The molecule has 0 aromatic carbocycles. The van der Waals surface area contributed by atoms with Crippen LogP contribution in [0.2, 0.25) is 0 Å². The van der Waals surface area contributed by atoms with E-state index in [-0.39, 0.29) is 5.97 Å². The molecule has 0 radical (unpaired) electrons. The van der Waals surface area contributed by atoms with Gasteiger partial charge in [0.25, 0.3) is 0 Å². The van der Waals surface area contributed by atoms with E-state index in [0.717, 1.165) is 11.3 Å². The van der Waals surface area contributed by atoms with E-state index in [2.05, 4.69) is 9.84 Å². The molecule has 0 fully saturated rings. The second-order valence-corrected chi connectivity index (χ2v) is 4.39. The number of methoxy groups -OCH3 is 1. The third-order valence-electron chi connectivity index (χ3n) is 2.49. The second-order valence-electron chi connectivity index (χ2n) is 3.61. The van der Waals surface area contributed by atoms with E-state index in [9.17, 15) is 4.79 Å². The van der Waals surface area contributed by atoms with Gasteiger partial charge in [0.2, 0.25) is 0 Å². The van der Waals surface area contributed by atoms with Gasteiger partial charge in [-0.2, -0.15) is 16.4 Å². The van der Waals surface area contributed by atoms with Crippen molar-refractivity contribution < 1.29 is 9.53 Å². The lowest BCUT2D eigenvalue weighted by molar-refractivity contribution is -0.144. The zero-order valence-corrected chi connectivity index (χ0v) is 10.4. The quantitative estimate of drug-likeness (QED) is 0.846. The lowest BCUT2D eigenvalue weighted by Gasteiger charge is -2.10. The van der Waals surface area contributed by atoms with Crippen LogP contribution in [0.4, 0.5) is 5.82 Å². The maximum absolute atomic E-state index is 11.4. The van der Waals surface area contributed by atoms with Crippen LogP contribution in [0.5, 0.6) is 0 Å². The van der Waals surface area contributed by atoms with Crippen molar-refractivity contribution in [2.45, 2.75) is 13.0 Å². The summed E-state index contributed by atoms with van der Waals surface area (Å²) in [7, 11) is 1.35. The normalized spacial score (nSPS) is 12.4. The average molecular weight is 251 g/mol. The van der Waals surface area contributed by atoms with Gasteiger partial charge in [0.05, 0.1) is 12.8 Å². The fourth-order valence-corrected chi connectivity index (χ4v) is 2.19. The zero-order valence-electron chi connectivity index (χ0n) is 9.58. The molecule has 0 spiro atoms. The van der Waals surface area contributed by atoms with E-state index in [1.165, 1.54) is 11.8 Å². The Balaban J connectivity index is 2.34. The van der Waals surface area contributed by atoms with Crippen molar-refractivity contribution in [3.63, 3.8) is 0 Å². The fourth-order valence-electron chi connectivity index (χ4n) is 1.54. The predicted molar refractivity (Wildman–Crippen MR) is 66.7 cm³/mol. The molecule has 2 N–H and O–H groups in total. The van der Waals surface area contributed by atoms with Crippen LogP contribution in [-0.4, -0.2) is 22.9 Å². The molecule has 0 saturated carbocycles. The summed E-state index contributed by atoms with van der Waals surface area (Å²) in [6, 6.07) is 3.19. The highest BCUT2D eigenvalue weighted by Gasteiger charge is 2.19. The molecule has 17 heavy (non-hydrogen) atoms. The molecule has 2 rings (SSSR count). The third-order valence-corrected chi connectivity index (χ3v) is 3.17. The summed E-state index contributed by atoms with van der Waals surface area (Å²) >= 11 is 1.59. The highest BCUT2D eigenvalue weighted by Crippen LogP contribution is 2.24. The molecule has 0 aliphatic carbocycles. The van der Waals surface area contributed by atoms with Gasteiger partial charge >= 0.3 is 5.97 Å². The summed E-state index contributed by atoms with van der Waals surface area (Å²) in [4.78, 5) is 11.4. The lowest BCUT2D eigenvalue weighted by atomic mass is 10.2. The molecule has 0 bridgehead atoms. The highest BCUT2D eigenvalue weighted by atomic mass is 32.1. The number of ether oxygens (including phenoxy) is 1. The molecular weight excluding hydrogens is 238 g/mol. The monoisotopic (exact) mass is 251 g/mol. The molecule has 0 amide bonds. The number of carbonyl (C=O) groups excluding carboxylic acids is 1. The Labute approximate surface area is 103 Å². The smallest absolute Gasteiger partial charge is 0.330 e. The summed E-state index contributed by atoms with van der Waals surface area (Å²) in [5.41, 5.74) is 7.60. The van der Waals surface area contributed by atoms with Crippen LogP contribution in [0.1, 0.15) is 13.0 Å². The standard InChI is InChI=1S/C11H13N3O2S/c1-7(11(15)16-2)14-10(12)5-9(13-14)8-3-4-17-6-8/h3-7H,12H2,1-2H3. The van der Waals surface area contributed by atoms with Gasteiger partial charge in [0.15, 0.2) is 0 Å². The Morgan fingerprint density at radius 1 is 1.65 bits per heavy atom. The fraction of sp³-hybridized carbons (Fsp3) is 0.273. The number of hydrogen-bond acceptors (Lipinski definition) is 5. The molecule has 6 heteroatoms. The minimum Gasteiger partial charge on any atom is -0.467 e. The van der Waals surface area contributed by atoms with Gasteiger partial charge in [-0.05, 0) is 18.4 Å². The minimum atomic E-state index is -0.521. The van der Waals surface area contributed by atoms with Crippen molar-refractivity contribution in [2.75, 3.05) is 12.8 Å². The minimum absolute atomic E-state index is 0.364. The van der Waals surface area contributed by atoms with Crippen molar-refractivity contribution >= 4 is 23.1 Å². The van der Waals surface area contributed by atoms with Gasteiger partial charge in [-0.1, -0.05) is 0 Å². The SMILES string of the molecule is COC(=O)C(C)n1nc(-c2ccsc2)cc1N. The molecule has 5 nitrogen and oxygen atoms in total. The van der Waals surface area contributed by atoms with Gasteiger partial charge in [0, 0.05) is 17.0 Å². The summed E-state index contributed by atoms with van der Waals surface area (Å²) in [5, 5.41) is 8.27. The summed E-state index contributed by atoms with van der Waals surface area (Å²) in [6.07, 6.45) is 0. The zero-order chi connectivity index (χ0) is 12.4. The molecule has 2 aromatic rings. The molecule has 2 aromatic heterocycles. The number of hydrogen-bond donors (Lipinski definition) is 1. The first-order valence-corrected chi connectivity index (χ1v) is 6.03. The Hall–Kier alpha value is -1.82. The van der Waals surface area contributed by atoms with Gasteiger partial charge in [0.1, 0.15) is 11.9 Å². The molecule has 1 atom stereocenters. The summed E-state index contributed by atoms with van der Waals surface area (Å²) in [6.45, 7) is 1.70. The van der Waals surface area contributed by atoms with Crippen LogP contribution in [0.25, 0.3) is 11.3 Å². The van der Waals surface area contributed by atoms with E-state index < -0.39 is 6.04 Å². The van der Waals surface area contributed by atoms with Gasteiger partial charge in [-0.25, -0.2) is 9.48 Å². The molecule has 1 unspecified atom stereocenters.